The van der Waals surface area contributed by atoms with Gasteiger partial charge in [-0.15, -0.1) is 0 Å². The molecule has 0 spiro atoms. The summed E-state index contributed by atoms with van der Waals surface area (Å²) in [5.41, 5.74) is 10.4. The summed E-state index contributed by atoms with van der Waals surface area (Å²) < 4.78 is 0. The Hall–Kier alpha value is -4.42. The van der Waals surface area contributed by atoms with Crippen molar-refractivity contribution >= 4 is 6.08 Å². The molecule has 0 radical (unpaired) electrons. The standard InChI is InChI=1S/C39H38/c1-4-5-6-10-19-39(38-20-13-15-32(38)3)37-29-25-34(26-30-37)22-21-31(2)14-11-12-16-33-23-27-36(28-24-33)35-17-8-7-9-18-35/h4-15,17-19,21-30,39H,1,16,20H2,2-3H3/b6-5-,12-11+,19-10-,22-21-,31-14-. The first-order chi connectivity index (χ1) is 19.1. The van der Waals surface area contributed by atoms with Gasteiger partial charge in [0.25, 0.3) is 0 Å². The first-order valence-electron chi connectivity index (χ1n) is 13.7. The monoisotopic (exact) mass is 506 g/mol. The van der Waals surface area contributed by atoms with Gasteiger partial charge in [-0.1, -0.05) is 175 Å². The van der Waals surface area contributed by atoms with E-state index in [-0.39, 0.29) is 5.92 Å². The molecule has 0 heterocycles. The number of hydrogen-bond acceptors (Lipinski definition) is 0. The van der Waals surface area contributed by atoms with Crippen LogP contribution >= 0.6 is 0 Å². The molecule has 0 bridgehead atoms. The molecule has 0 heteroatoms. The Morgan fingerprint density at radius 2 is 1.59 bits per heavy atom. The van der Waals surface area contributed by atoms with Crippen LogP contribution in [0.25, 0.3) is 17.2 Å². The largest absolute Gasteiger partial charge is 0.0991 e. The molecule has 0 fully saturated rings. The van der Waals surface area contributed by atoms with Crippen LogP contribution in [-0.4, -0.2) is 0 Å². The lowest BCUT2D eigenvalue weighted by atomic mass is 9.87. The molecule has 3 aromatic carbocycles. The minimum Gasteiger partial charge on any atom is -0.0991 e. The third-order valence-corrected chi connectivity index (χ3v) is 6.99. The van der Waals surface area contributed by atoms with Crippen LogP contribution < -0.4 is 0 Å². The predicted octanol–water partition coefficient (Wildman–Crippen LogP) is 10.8. The molecule has 4 rings (SSSR count). The van der Waals surface area contributed by atoms with Gasteiger partial charge < -0.3 is 0 Å². The average molecular weight is 507 g/mol. The van der Waals surface area contributed by atoms with Gasteiger partial charge in [-0.3, -0.25) is 0 Å². The third-order valence-electron chi connectivity index (χ3n) is 6.99. The van der Waals surface area contributed by atoms with Gasteiger partial charge in [0.1, 0.15) is 0 Å². The molecule has 39 heavy (non-hydrogen) atoms. The lowest BCUT2D eigenvalue weighted by molar-refractivity contribution is 0.943. The predicted molar refractivity (Wildman–Crippen MR) is 172 cm³/mol. The van der Waals surface area contributed by atoms with Gasteiger partial charge in [0.05, 0.1) is 0 Å². The Morgan fingerprint density at radius 1 is 0.846 bits per heavy atom. The minimum absolute atomic E-state index is 0.286. The number of benzene rings is 3. The summed E-state index contributed by atoms with van der Waals surface area (Å²) in [5.74, 6) is 0.286. The lowest BCUT2D eigenvalue weighted by Gasteiger charge is -2.17. The summed E-state index contributed by atoms with van der Waals surface area (Å²) in [5, 5.41) is 0. The van der Waals surface area contributed by atoms with E-state index in [0.717, 1.165) is 12.8 Å². The molecular formula is C39H38. The highest BCUT2D eigenvalue weighted by molar-refractivity contribution is 5.63. The lowest BCUT2D eigenvalue weighted by Crippen LogP contribution is -2.00. The zero-order valence-corrected chi connectivity index (χ0v) is 23.1. The molecule has 1 unspecified atom stereocenters. The summed E-state index contributed by atoms with van der Waals surface area (Å²) in [4.78, 5) is 0. The molecule has 0 aliphatic heterocycles. The van der Waals surface area contributed by atoms with E-state index in [4.69, 9.17) is 0 Å². The molecule has 0 saturated heterocycles. The molecule has 0 nitrogen and oxygen atoms in total. The molecule has 0 aromatic heterocycles. The zero-order chi connectivity index (χ0) is 27.3. The topological polar surface area (TPSA) is 0 Å². The summed E-state index contributed by atoms with van der Waals surface area (Å²) in [6.45, 7) is 8.11. The maximum Gasteiger partial charge on any atom is 0.0240 e. The van der Waals surface area contributed by atoms with E-state index in [9.17, 15) is 0 Å². The molecule has 0 saturated carbocycles. The van der Waals surface area contributed by atoms with E-state index in [1.807, 2.05) is 12.2 Å². The van der Waals surface area contributed by atoms with Crippen LogP contribution in [0.15, 0.2) is 169 Å². The normalized spacial score (nSPS) is 15.0. The van der Waals surface area contributed by atoms with Crippen LogP contribution in [0.1, 0.15) is 42.9 Å². The maximum atomic E-state index is 3.75. The molecule has 194 valence electrons. The van der Waals surface area contributed by atoms with Crippen LogP contribution in [0.3, 0.4) is 0 Å². The molecule has 1 aliphatic rings. The second-order valence-electron chi connectivity index (χ2n) is 9.90. The molecule has 1 aliphatic carbocycles. The van der Waals surface area contributed by atoms with Gasteiger partial charge >= 0.3 is 0 Å². The molecule has 0 N–H and O–H groups in total. The Kier molecular flexibility index (Phi) is 10.3. The van der Waals surface area contributed by atoms with Crippen molar-refractivity contribution in [2.24, 2.45) is 0 Å². The third kappa shape index (κ3) is 8.28. The van der Waals surface area contributed by atoms with Crippen molar-refractivity contribution in [3.8, 4) is 11.1 Å². The van der Waals surface area contributed by atoms with E-state index in [1.165, 1.54) is 44.5 Å². The van der Waals surface area contributed by atoms with Crippen molar-refractivity contribution in [2.45, 2.75) is 32.6 Å². The molecule has 0 amide bonds. The van der Waals surface area contributed by atoms with Gasteiger partial charge in [0.2, 0.25) is 0 Å². The highest BCUT2D eigenvalue weighted by atomic mass is 14.2. The number of allylic oxidation sites excluding steroid dienone is 14. The van der Waals surface area contributed by atoms with Gasteiger partial charge in [0.15, 0.2) is 0 Å². The molecular weight excluding hydrogens is 468 g/mol. The first kappa shape index (κ1) is 27.6. The Balaban J connectivity index is 1.34. The summed E-state index contributed by atoms with van der Waals surface area (Å²) in [6, 6.07) is 28.3. The van der Waals surface area contributed by atoms with Crippen LogP contribution in [0.2, 0.25) is 0 Å². The van der Waals surface area contributed by atoms with Gasteiger partial charge in [0, 0.05) is 5.92 Å². The van der Waals surface area contributed by atoms with Crippen molar-refractivity contribution in [1.82, 2.24) is 0 Å². The molecule has 3 aromatic rings. The summed E-state index contributed by atoms with van der Waals surface area (Å²) in [7, 11) is 0. The van der Waals surface area contributed by atoms with Crippen LogP contribution in [0.4, 0.5) is 0 Å². The molecule has 1 atom stereocenters. The fourth-order valence-corrected chi connectivity index (χ4v) is 4.73. The SMILES string of the molecule is C=C/C=C\C=C/C(C1=C(C)C=CC1)c1ccc(\C=C/C(C)=C\C=C\Cc2ccc(-c3ccccc3)cc2)cc1. The van der Waals surface area contributed by atoms with Gasteiger partial charge in [-0.25, -0.2) is 0 Å². The highest BCUT2D eigenvalue weighted by Crippen LogP contribution is 2.34. The smallest absolute Gasteiger partial charge is 0.0240 e. The Labute approximate surface area is 235 Å². The van der Waals surface area contributed by atoms with Crippen molar-refractivity contribution in [2.75, 3.05) is 0 Å². The fraction of sp³-hybridized carbons (Fsp3) is 0.128. The highest BCUT2D eigenvalue weighted by Gasteiger charge is 2.17. The second-order valence-corrected chi connectivity index (χ2v) is 9.90. The fourth-order valence-electron chi connectivity index (χ4n) is 4.73. The Morgan fingerprint density at radius 3 is 2.28 bits per heavy atom. The number of rotatable bonds is 11. The van der Waals surface area contributed by atoms with Crippen molar-refractivity contribution < 1.29 is 0 Å². The van der Waals surface area contributed by atoms with Gasteiger partial charge in [-0.2, -0.15) is 0 Å². The maximum absolute atomic E-state index is 3.75. The van der Waals surface area contributed by atoms with Crippen LogP contribution in [0.5, 0.6) is 0 Å². The second kappa shape index (κ2) is 14.5. The Bertz CT molecular complexity index is 1430. The number of hydrogen-bond donors (Lipinski definition) is 0. The minimum atomic E-state index is 0.286. The summed E-state index contributed by atoms with van der Waals surface area (Å²) >= 11 is 0. The van der Waals surface area contributed by atoms with E-state index in [0.29, 0.717) is 0 Å². The summed E-state index contributed by atoms with van der Waals surface area (Å²) in [6.07, 6.45) is 27.6. The van der Waals surface area contributed by atoms with Crippen molar-refractivity contribution in [1.29, 1.82) is 0 Å². The quantitative estimate of drug-likeness (QED) is 0.227. The van der Waals surface area contributed by atoms with E-state index >= 15 is 0 Å². The zero-order valence-electron chi connectivity index (χ0n) is 23.1. The van der Waals surface area contributed by atoms with Crippen molar-refractivity contribution in [3.05, 3.63) is 186 Å². The van der Waals surface area contributed by atoms with E-state index in [2.05, 4.69) is 154 Å². The average Bonchev–Trinajstić information content (AvgIpc) is 3.40. The van der Waals surface area contributed by atoms with Crippen LogP contribution in [0, 0.1) is 0 Å². The van der Waals surface area contributed by atoms with E-state index < -0.39 is 0 Å². The van der Waals surface area contributed by atoms with Crippen molar-refractivity contribution in [3.63, 3.8) is 0 Å². The van der Waals surface area contributed by atoms with Crippen LogP contribution in [-0.2, 0) is 6.42 Å². The van der Waals surface area contributed by atoms with Gasteiger partial charge in [-0.05, 0) is 54.5 Å². The first-order valence-corrected chi connectivity index (χ1v) is 13.7. The van der Waals surface area contributed by atoms with E-state index in [1.54, 1.807) is 6.08 Å².